The van der Waals surface area contributed by atoms with E-state index in [1.165, 1.54) is 23.9 Å². The second-order valence-corrected chi connectivity index (χ2v) is 7.74. The summed E-state index contributed by atoms with van der Waals surface area (Å²) in [4.78, 5) is 12.3. The second kappa shape index (κ2) is 7.67. The fourth-order valence-electron chi connectivity index (χ4n) is 2.96. The summed E-state index contributed by atoms with van der Waals surface area (Å²) in [6, 6.07) is 0. The van der Waals surface area contributed by atoms with Gasteiger partial charge in [-0.15, -0.1) is 0 Å². The van der Waals surface area contributed by atoms with Gasteiger partial charge in [0.05, 0.1) is 30.1 Å². The van der Waals surface area contributed by atoms with Crippen LogP contribution in [0.4, 0.5) is 5.69 Å². The number of nitrogens with one attached hydrogen (secondary N) is 1. The molecule has 23 heavy (non-hydrogen) atoms. The summed E-state index contributed by atoms with van der Waals surface area (Å²) in [7, 11) is 0. The normalized spacial score (nSPS) is 22.1. The monoisotopic (exact) mass is 341 g/mol. The van der Waals surface area contributed by atoms with Gasteiger partial charge in [-0.25, -0.2) is 4.68 Å². The molecule has 1 fully saturated rings. The van der Waals surface area contributed by atoms with Crippen molar-refractivity contribution in [3.8, 4) is 0 Å². The Labute approximate surface area is 143 Å². The standard InChI is InChI=1S/C17H28ClN3O2/c1-12-7-5-6-8-14(12)23-10-9-19-13-11-20-21(17(2,3)4)16(22)15(13)18/h11-12,14,19H,5-10H2,1-4H3/t12-,14+/m1/s1. The van der Waals surface area contributed by atoms with Gasteiger partial charge in [-0.05, 0) is 39.5 Å². The average molecular weight is 342 g/mol. The second-order valence-electron chi connectivity index (χ2n) is 7.36. The predicted molar refractivity (Wildman–Crippen MR) is 94.4 cm³/mol. The van der Waals surface area contributed by atoms with E-state index in [4.69, 9.17) is 16.3 Å². The van der Waals surface area contributed by atoms with Crippen molar-refractivity contribution < 1.29 is 4.74 Å². The molecule has 2 rings (SSSR count). The van der Waals surface area contributed by atoms with E-state index >= 15 is 0 Å². The fourth-order valence-corrected chi connectivity index (χ4v) is 3.16. The third-order valence-corrected chi connectivity index (χ3v) is 4.70. The Morgan fingerprint density at radius 1 is 1.39 bits per heavy atom. The highest BCUT2D eigenvalue weighted by Gasteiger charge is 2.22. The Kier molecular flexibility index (Phi) is 6.09. The Bertz CT molecular complexity index is 580. The molecule has 1 aliphatic carbocycles. The van der Waals surface area contributed by atoms with Crippen molar-refractivity contribution in [3.05, 3.63) is 21.6 Å². The van der Waals surface area contributed by atoms with Crippen LogP contribution in [-0.4, -0.2) is 29.0 Å². The molecular weight excluding hydrogens is 314 g/mol. The van der Waals surface area contributed by atoms with Gasteiger partial charge in [0.25, 0.3) is 5.56 Å². The molecule has 1 heterocycles. The number of anilines is 1. The molecule has 0 amide bonds. The van der Waals surface area contributed by atoms with E-state index in [0.29, 0.717) is 30.9 Å². The van der Waals surface area contributed by atoms with Gasteiger partial charge in [0.1, 0.15) is 5.02 Å². The lowest BCUT2D eigenvalue weighted by atomic mass is 9.88. The van der Waals surface area contributed by atoms with Gasteiger partial charge in [-0.1, -0.05) is 31.4 Å². The summed E-state index contributed by atoms with van der Waals surface area (Å²) < 4.78 is 7.36. The van der Waals surface area contributed by atoms with E-state index in [1.807, 2.05) is 20.8 Å². The van der Waals surface area contributed by atoms with Crippen LogP contribution in [0.1, 0.15) is 53.4 Å². The van der Waals surface area contributed by atoms with Gasteiger partial charge in [0.2, 0.25) is 0 Å². The zero-order chi connectivity index (χ0) is 17.0. The summed E-state index contributed by atoms with van der Waals surface area (Å²) in [5.41, 5.74) is -0.0945. The number of hydrogen-bond donors (Lipinski definition) is 1. The topological polar surface area (TPSA) is 56.1 Å². The molecule has 0 unspecified atom stereocenters. The Morgan fingerprint density at radius 2 is 2.09 bits per heavy atom. The number of aromatic nitrogens is 2. The van der Waals surface area contributed by atoms with E-state index in [1.54, 1.807) is 6.20 Å². The molecule has 0 saturated heterocycles. The van der Waals surface area contributed by atoms with Gasteiger partial charge >= 0.3 is 0 Å². The third kappa shape index (κ3) is 4.70. The molecule has 1 aromatic heterocycles. The number of ether oxygens (including phenoxy) is 1. The molecule has 130 valence electrons. The molecule has 6 heteroatoms. The van der Waals surface area contributed by atoms with Gasteiger partial charge in [0, 0.05) is 6.54 Å². The molecule has 1 saturated carbocycles. The van der Waals surface area contributed by atoms with Gasteiger partial charge in [0.15, 0.2) is 0 Å². The van der Waals surface area contributed by atoms with Crippen molar-refractivity contribution >= 4 is 17.3 Å². The van der Waals surface area contributed by atoms with Crippen LogP contribution in [0, 0.1) is 5.92 Å². The lowest BCUT2D eigenvalue weighted by Gasteiger charge is -2.28. The van der Waals surface area contributed by atoms with Crippen LogP contribution >= 0.6 is 11.6 Å². The molecule has 0 spiro atoms. The third-order valence-electron chi connectivity index (χ3n) is 4.34. The van der Waals surface area contributed by atoms with E-state index in [-0.39, 0.29) is 16.1 Å². The highest BCUT2D eigenvalue weighted by Crippen LogP contribution is 2.26. The maximum atomic E-state index is 12.3. The minimum Gasteiger partial charge on any atom is -0.380 e. The molecule has 5 nitrogen and oxygen atoms in total. The Morgan fingerprint density at radius 3 is 2.74 bits per heavy atom. The molecule has 0 radical (unpaired) electrons. The van der Waals surface area contributed by atoms with E-state index in [2.05, 4.69) is 17.3 Å². The van der Waals surface area contributed by atoms with Crippen LogP contribution in [-0.2, 0) is 10.3 Å². The molecule has 1 aliphatic rings. The van der Waals surface area contributed by atoms with Crippen molar-refractivity contribution in [1.29, 1.82) is 0 Å². The SMILES string of the molecule is C[C@@H]1CCCC[C@@H]1OCCNc1cnn(C(C)(C)C)c(=O)c1Cl. The molecule has 1 N–H and O–H groups in total. The van der Waals surface area contributed by atoms with E-state index in [9.17, 15) is 4.79 Å². The summed E-state index contributed by atoms with van der Waals surface area (Å²) in [5, 5.41) is 7.54. The first-order chi connectivity index (χ1) is 10.8. The highest BCUT2D eigenvalue weighted by atomic mass is 35.5. The fraction of sp³-hybridized carbons (Fsp3) is 0.765. The molecule has 2 atom stereocenters. The van der Waals surface area contributed by atoms with Crippen molar-refractivity contribution in [2.75, 3.05) is 18.5 Å². The summed E-state index contributed by atoms with van der Waals surface area (Å²) in [6.45, 7) is 9.24. The van der Waals surface area contributed by atoms with Crippen LogP contribution < -0.4 is 10.9 Å². The first kappa shape index (κ1) is 18.3. The van der Waals surface area contributed by atoms with Crippen molar-refractivity contribution in [1.82, 2.24) is 9.78 Å². The lowest BCUT2D eigenvalue weighted by molar-refractivity contribution is 0.000389. The van der Waals surface area contributed by atoms with Crippen LogP contribution in [0.15, 0.2) is 11.0 Å². The molecule has 1 aromatic rings. The minimum absolute atomic E-state index is 0.181. The highest BCUT2D eigenvalue weighted by molar-refractivity contribution is 6.32. The number of nitrogens with zero attached hydrogens (tertiary/aromatic N) is 2. The van der Waals surface area contributed by atoms with Crippen molar-refractivity contribution in [2.45, 2.75) is 65.0 Å². The van der Waals surface area contributed by atoms with Gasteiger partial charge in [-0.2, -0.15) is 5.10 Å². The van der Waals surface area contributed by atoms with Crippen molar-refractivity contribution in [3.63, 3.8) is 0 Å². The predicted octanol–water partition coefficient (Wildman–Crippen LogP) is 3.66. The largest absolute Gasteiger partial charge is 0.380 e. The van der Waals surface area contributed by atoms with Gasteiger partial charge < -0.3 is 10.1 Å². The molecular formula is C17H28ClN3O2. The first-order valence-corrected chi connectivity index (χ1v) is 8.82. The molecule has 0 bridgehead atoms. The summed E-state index contributed by atoms with van der Waals surface area (Å²) >= 11 is 6.18. The Hall–Kier alpha value is -1.07. The lowest BCUT2D eigenvalue weighted by Crippen LogP contribution is -2.36. The molecule has 0 aromatic carbocycles. The van der Waals surface area contributed by atoms with E-state index < -0.39 is 0 Å². The average Bonchev–Trinajstić information content (AvgIpc) is 2.48. The number of rotatable bonds is 5. The summed E-state index contributed by atoms with van der Waals surface area (Å²) in [5.74, 6) is 0.629. The Balaban J connectivity index is 1.89. The van der Waals surface area contributed by atoms with Crippen LogP contribution in [0.25, 0.3) is 0 Å². The van der Waals surface area contributed by atoms with Crippen LogP contribution in [0.2, 0.25) is 5.02 Å². The summed E-state index contributed by atoms with van der Waals surface area (Å²) in [6.07, 6.45) is 6.92. The van der Waals surface area contributed by atoms with E-state index in [0.717, 1.165) is 6.42 Å². The maximum Gasteiger partial charge on any atom is 0.288 e. The number of halogens is 1. The van der Waals surface area contributed by atoms with Gasteiger partial charge in [-0.3, -0.25) is 4.79 Å². The first-order valence-electron chi connectivity index (χ1n) is 8.44. The van der Waals surface area contributed by atoms with Crippen LogP contribution in [0.5, 0.6) is 0 Å². The minimum atomic E-state index is -0.389. The maximum absolute atomic E-state index is 12.3. The zero-order valence-electron chi connectivity index (χ0n) is 14.6. The zero-order valence-corrected chi connectivity index (χ0v) is 15.3. The number of hydrogen-bond acceptors (Lipinski definition) is 4. The smallest absolute Gasteiger partial charge is 0.288 e. The quantitative estimate of drug-likeness (QED) is 0.830. The van der Waals surface area contributed by atoms with Crippen LogP contribution in [0.3, 0.4) is 0 Å². The van der Waals surface area contributed by atoms with Crippen molar-refractivity contribution in [2.24, 2.45) is 5.92 Å². The molecule has 0 aliphatic heterocycles.